The van der Waals surface area contributed by atoms with Crippen molar-refractivity contribution < 1.29 is 9.47 Å². The van der Waals surface area contributed by atoms with Crippen LogP contribution in [0.5, 0.6) is 11.5 Å². The van der Waals surface area contributed by atoms with E-state index in [4.69, 9.17) is 15.2 Å². The van der Waals surface area contributed by atoms with Gasteiger partial charge in [0.15, 0.2) is 11.5 Å². The zero-order chi connectivity index (χ0) is 12.8. The van der Waals surface area contributed by atoms with Crippen LogP contribution < -0.4 is 15.2 Å². The highest BCUT2D eigenvalue weighted by molar-refractivity contribution is 5.39. The van der Waals surface area contributed by atoms with E-state index in [1.807, 2.05) is 36.4 Å². The van der Waals surface area contributed by atoms with Crippen molar-refractivity contribution in [1.82, 2.24) is 4.98 Å². The van der Waals surface area contributed by atoms with Crippen molar-refractivity contribution in [3.05, 3.63) is 53.9 Å². The molecule has 1 heterocycles. The Balaban J connectivity index is 2.06. The second-order valence-corrected chi connectivity index (χ2v) is 3.80. The van der Waals surface area contributed by atoms with Crippen LogP contribution in [0.15, 0.2) is 42.6 Å². The number of benzene rings is 1. The SMILES string of the molecule is COc1ccccc1OCc1ccnc(CN)c1. The van der Waals surface area contributed by atoms with Crippen LogP contribution in [-0.4, -0.2) is 12.1 Å². The van der Waals surface area contributed by atoms with Gasteiger partial charge in [-0.15, -0.1) is 0 Å². The number of nitrogens with zero attached hydrogens (tertiary/aromatic N) is 1. The molecule has 0 saturated heterocycles. The van der Waals surface area contributed by atoms with E-state index >= 15 is 0 Å². The third-order valence-electron chi connectivity index (χ3n) is 2.55. The largest absolute Gasteiger partial charge is 0.493 e. The molecule has 1 aromatic heterocycles. The fraction of sp³-hybridized carbons (Fsp3) is 0.214. The van der Waals surface area contributed by atoms with Crippen molar-refractivity contribution in [3.63, 3.8) is 0 Å². The molecule has 0 bridgehead atoms. The lowest BCUT2D eigenvalue weighted by atomic mass is 10.2. The smallest absolute Gasteiger partial charge is 0.161 e. The topological polar surface area (TPSA) is 57.4 Å². The zero-order valence-electron chi connectivity index (χ0n) is 10.3. The van der Waals surface area contributed by atoms with E-state index in [1.54, 1.807) is 13.3 Å². The summed E-state index contributed by atoms with van der Waals surface area (Å²) in [7, 11) is 1.63. The summed E-state index contributed by atoms with van der Waals surface area (Å²) >= 11 is 0. The van der Waals surface area contributed by atoms with E-state index in [0.29, 0.717) is 13.2 Å². The second kappa shape index (κ2) is 6.02. The molecule has 0 radical (unpaired) electrons. The molecule has 4 heteroatoms. The normalized spacial score (nSPS) is 10.1. The molecular formula is C14H16N2O2. The highest BCUT2D eigenvalue weighted by Crippen LogP contribution is 2.26. The number of hydrogen-bond acceptors (Lipinski definition) is 4. The number of pyridine rings is 1. The van der Waals surface area contributed by atoms with Gasteiger partial charge in [0, 0.05) is 12.7 Å². The molecule has 2 aromatic rings. The standard InChI is InChI=1S/C14H16N2O2/c1-17-13-4-2-3-5-14(13)18-10-11-6-7-16-12(8-11)9-15/h2-8H,9-10,15H2,1H3. The van der Waals surface area contributed by atoms with Crippen LogP contribution in [0.4, 0.5) is 0 Å². The van der Waals surface area contributed by atoms with Crippen molar-refractivity contribution in [2.45, 2.75) is 13.2 Å². The van der Waals surface area contributed by atoms with Gasteiger partial charge in [0.1, 0.15) is 6.61 Å². The predicted molar refractivity (Wildman–Crippen MR) is 69.5 cm³/mol. The third kappa shape index (κ3) is 2.99. The lowest BCUT2D eigenvalue weighted by Gasteiger charge is -2.10. The number of nitrogens with two attached hydrogens (primary N) is 1. The van der Waals surface area contributed by atoms with E-state index in [2.05, 4.69) is 4.98 Å². The Kier molecular flexibility index (Phi) is 4.15. The lowest BCUT2D eigenvalue weighted by molar-refractivity contribution is 0.284. The average Bonchev–Trinajstić information content (AvgIpc) is 2.45. The monoisotopic (exact) mass is 244 g/mol. The Morgan fingerprint density at radius 2 is 1.94 bits per heavy atom. The summed E-state index contributed by atoms with van der Waals surface area (Å²) in [4.78, 5) is 4.14. The Morgan fingerprint density at radius 3 is 2.67 bits per heavy atom. The zero-order valence-corrected chi connectivity index (χ0v) is 10.3. The molecule has 2 rings (SSSR count). The molecule has 0 unspecified atom stereocenters. The first kappa shape index (κ1) is 12.4. The lowest BCUT2D eigenvalue weighted by Crippen LogP contribution is -2.02. The molecule has 4 nitrogen and oxygen atoms in total. The van der Waals surface area contributed by atoms with E-state index in [1.165, 1.54) is 0 Å². The maximum Gasteiger partial charge on any atom is 0.161 e. The molecule has 0 amide bonds. The molecule has 0 aliphatic carbocycles. The molecule has 94 valence electrons. The van der Waals surface area contributed by atoms with Gasteiger partial charge in [0.05, 0.1) is 12.8 Å². The Bertz CT molecular complexity index is 515. The Labute approximate surface area is 106 Å². The van der Waals surface area contributed by atoms with Crippen LogP contribution in [0, 0.1) is 0 Å². The number of hydrogen-bond donors (Lipinski definition) is 1. The van der Waals surface area contributed by atoms with Crippen molar-refractivity contribution in [3.8, 4) is 11.5 Å². The summed E-state index contributed by atoms with van der Waals surface area (Å²) in [6, 6.07) is 11.4. The van der Waals surface area contributed by atoms with Crippen molar-refractivity contribution in [1.29, 1.82) is 0 Å². The van der Waals surface area contributed by atoms with E-state index in [-0.39, 0.29) is 0 Å². The van der Waals surface area contributed by atoms with Crippen LogP contribution in [0.1, 0.15) is 11.3 Å². The van der Waals surface area contributed by atoms with E-state index in [9.17, 15) is 0 Å². The van der Waals surface area contributed by atoms with Crippen LogP contribution >= 0.6 is 0 Å². The van der Waals surface area contributed by atoms with Gasteiger partial charge >= 0.3 is 0 Å². The quantitative estimate of drug-likeness (QED) is 0.875. The van der Waals surface area contributed by atoms with E-state index < -0.39 is 0 Å². The number of aromatic nitrogens is 1. The summed E-state index contributed by atoms with van der Waals surface area (Å²) in [5.41, 5.74) is 7.44. The summed E-state index contributed by atoms with van der Waals surface area (Å²) in [5.74, 6) is 1.46. The number of ether oxygens (including phenoxy) is 2. The van der Waals surface area contributed by atoms with Gasteiger partial charge in [0.2, 0.25) is 0 Å². The summed E-state index contributed by atoms with van der Waals surface area (Å²) in [5, 5.41) is 0. The Hall–Kier alpha value is -2.07. The molecule has 1 aromatic carbocycles. The number of methoxy groups -OCH3 is 1. The Morgan fingerprint density at radius 1 is 1.17 bits per heavy atom. The molecule has 0 atom stereocenters. The van der Waals surface area contributed by atoms with Crippen molar-refractivity contribution in [2.24, 2.45) is 5.73 Å². The minimum absolute atomic E-state index is 0.433. The molecular weight excluding hydrogens is 228 g/mol. The molecule has 0 aliphatic rings. The van der Waals surface area contributed by atoms with Gasteiger partial charge in [-0.3, -0.25) is 4.98 Å². The molecule has 18 heavy (non-hydrogen) atoms. The van der Waals surface area contributed by atoms with Crippen LogP contribution in [0.25, 0.3) is 0 Å². The van der Waals surface area contributed by atoms with Gasteiger partial charge in [-0.25, -0.2) is 0 Å². The van der Waals surface area contributed by atoms with E-state index in [0.717, 1.165) is 22.8 Å². The fourth-order valence-corrected chi connectivity index (χ4v) is 1.63. The maximum absolute atomic E-state index is 5.72. The van der Waals surface area contributed by atoms with Gasteiger partial charge in [-0.1, -0.05) is 12.1 Å². The minimum atomic E-state index is 0.433. The molecule has 0 saturated carbocycles. The molecule has 0 fully saturated rings. The van der Waals surface area contributed by atoms with Crippen LogP contribution in [0.2, 0.25) is 0 Å². The molecule has 2 N–H and O–H groups in total. The first-order chi connectivity index (χ1) is 8.83. The highest BCUT2D eigenvalue weighted by atomic mass is 16.5. The summed E-state index contributed by atoms with van der Waals surface area (Å²) in [6.45, 7) is 0.901. The third-order valence-corrected chi connectivity index (χ3v) is 2.55. The predicted octanol–water partition coefficient (Wildman–Crippen LogP) is 2.13. The molecule has 0 aliphatic heterocycles. The fourth-order valence-electron chi connectivity index (χ4n) is 1.63. The average molecular weight is 244 g/mol. The van der Waals surface area contributed by atoms with Crippen molar-refractivity contribution in [2.75, 3.05) is 7.11 Å². The summed E-state index contributed by atoms with van der Waals surface area (Å²) < 4.78 is 10.9. The summed E-state index contributed by atoms with van der Waals surface area (Å²) in [6.07, 6.45) is 1.74. The number of para-hydroxylation sites is 2. The van der Waals surface area contributed by atoms with Gasteiger partial charge in [-0.2, -0.15) is 0 Å². The molecule has 0 spiro atoms. The van der Waals surface area contributed by atoms with Crippen molar-refractivity contribution >= 4 is 0 Å². The van der Waals surface area contributed by atoms with Gasteiger partial charge in [-0.05, 0) is 29.8 Å². The van der Waals surface area contributed by atoms with Crippen LogP contribution in [-0.2, 0) is 13.2 Å². The number of rotatable bonds is 5. The first-order valence-electron chi connectivity index (χ1n) is 5.73. The minimum Gasteiger partial charge on any atom is -0.493 e. The highest BCUT2D eigenvalue weighted by Gasteiger charge is 2.03. The first-order valence-corrected chi connectivity index (χ1v) is 5.73. The van der Waals surface area contributed by atoms with Gasteiger partial charge in [0.25, 0.3) is 0 Å². The van der Waals surface area contributed by atoms with Crippen LogP contribution in [0.3, 0.4) is 0 Å². The maximum atomic E-state index is 5.72. The van der Waals surface area contributed by atoms with Gasteiger partial charge < -0.3 is 15.2 Å². The second-order valence-electron chi connectivity index (χ2n) is 3.80.